The second-order valence-corrected chi connectivity index (χ2v) is 5.28. The van der Waals surface area contributed by atoms with Crippen LogP contribution in [0, 0.1) is 0 Å². The lowest BCUT2D eigenvalue weighted by atomic mass is 9.81. The van der Waals surface area contributed by atoms with Crippen molar-refractivity contribution in [2.24, 2.45) is 0 Å². The summed E-state index contributed by atoms with van der Waals surface area (Å²) in [5.41, 5.74) is -0.224. The van der Waals surface area contributed by atoms with Crippen molar-refractivity contribution in [3.63, 3.8) is 0 Å². The Morgan fingerprint density at radius 1 is 1.58 bits per heavy atom. The molecule has 1 aliphatic heterocycles. The van der Waals surface area contributed by atoms with Crippen LogP contribution >= 0.6 is 0 Å². The molecule has 1 atom stereocenters. The molecule has 6 nitrogen and oxygen atoms in total. The first-order valence-corrected chi connectivity index (χ1v) is 6.69. The normalized spacial score (nSPS) is 23.6. The minimum atomic E-state index is -0.224. The van der Waals surface area contributed by atoms with Crippen LogP contribution in [0.4, 0.5) is 0 Å². The molecular weight excluding hydrogens is 246 g/mol. The van der Waals surface area contributed by atoms with E-state index in [1.807, 2.05) is 11.8 Å². The highest BCUT2D eigenvalue weighted by Gasteiger charge is 2.38. The van der Waals surface area contributed by atoms with Crippen molar-refractivity contribution in [1.82, 2.24) is 15.0 Å². The van der Waals surface area contributed by atoms with Crippen molar-refractivity contribution in [2.45, 2.75) is 45.1 Å². The van der Waals surface area contributed by atoms with Gasteiger partial charge in [-0.3, -0.25) is 4.79 Å². The van der Waals surface area contributed by atoms with E-state index in [0.29, 0.717) is 31.3 Å². The van der Waals surface area contributed by atoms with Crippen LogP contribution in [-0.2, 0) is 21.6 Å². The van der Waals surface area contributed by atoms with E-state index in [2.05, 4.69) is 17.1 Å². The van der Waals surface area contributed by atoms with Crippen LogP contribution in [-0.4, -0.2) is 41.1 Å². The van der Waals surface area contributed by atoms with Crippen molar-refractivity contribution in [3.05, 3.63) is 11.7 Å². The van der Waals surface area contributed by atoms with Gasteiger partial charge in [-0.2, -0.15) is 4.98 Å². The van der Waals surface area contributed by atoms with Crippen molar-refractivity contribution in [2.75, 3.05) is 20.2 Å². The Bertz CT molecular complexity index is 446. The van der Waals surface area contributed by atoms with Gasteiger partial charge in [0, 0.05) is 32.0 Å². The second-order valence-electron chi connectivity index (χ2n) is 5.28. The van der Waals surface area contributed by atoms with E-state index >= 15 is 0 Å². The Hall–Kier alpha value is -1.43. The van der Waals surface area contributed by atoms with Crippen molar-refractivity contribution in [3.8, 4) is 0 Å². The first-order chi connectivity index (χ1) is 9.09. The molecule has 0 saturated carbocycles. The van der Waals surface area contributed by atoms with Crippen LogP contribution in [0.3, 0.4) is 0 Å². The number of hydrogen-bond donors (Lipinski definition) is 0. The molecule has 0 spiro atoms. The van der Waals surface area contributed by atoms with Crippen LogP contribution < -0.4 is 0 Å². The highest BCUT2D eigenvalue weighted by molar-refractivity contribution is 5.76. The largest absolute Gasteiger partial charge is 0.375 e. The number of aromatic nitrogens is 2. The molecule has 1 amide bonds. The SMILES string of the molecule is CCC(=O)N1CCCC(C)(c2noc(COC)n2)C1. The van der Waals surface area contributed by atoms with Gasteiger partial charge in [0.25, 0.3) is 5.89 Å². The Morgan fingerprint density at radius 2 is 2.37 bits per heavy atom. The minimum Gasteiger partial charge on any atom is -0.375 e. The van der Waals surface area contributed by atoms with Gasteiger partial charge in [-0.25, -0.2) is 0 Å². The zero-order valence-corrected chi connectivity index (χ0v) is 11.8. The number of hydrogen-bond acceptors (Lipinski definition) is 5. The Morgan fingerprint density at radius 3 is 3.05 bits per heavy atom. The molecule has 0 bridgehead atoms. The van der Waals surface area contributed by atoms with E-state index in [-0.39, 0.29) is 11.3 Å². The van der Waals surface area contributed by atoms with E-state index in [1.54, 1.807) is 7.11 Å². The molecule has 1 saturated heterocycles. The van der Waals surface area contributed by atoms with Crippen LogP contribution in [0.25, 0.3) is 0 Å². The quantitative estimate of drug-likeness (QED) is 0.827. The van der Waals surface area contributed by atoms with E-state index in [9.17, 15) is 4.79 Å². The summed E-state index contributed by atoms with van der Waals surface area (Å²) >= 11 is 0. The number of carbonyl (C=O) groups is 1. The predicted octanol–water partition coefficient (Wildman–Crippen LogP) is 1.51. The number of nitrogens with zero attached hydrogens (tertiary/aromatic N) is 3. The molecule has 106 valence electrons. The number of piperidine rings is 1. The van der Waals surface area contributed by atoms with Gasteiger partial charge in [-0.1, -0.05) is 19.0 Å². The lowest BCUT2D eigenvalue weighted by Gasteiger charge is -2.38. The first kappa shape index (κ1) is 14.0. The smallest absolute Gasteiger partial charge is 0.252 e. The van der Waals surface area contributed by atoms with E-state index in [4.69, 9.17) is 9.26 Å². The summed E-state index contributed by atoms with van der Waals surface area (Å²) < 4.78 is 10.1. The Balaban J connectivity index is 2.13. The van der Waals surface area contributed by atoms with Crippen LogP contribution in [0.2, 0.25) is 0 Å². The van der Waals surface area contributed by atoms with Gasteiger partial charge in [-0.05, 0) is 12.8 Å². The maximum atomic E-state index is 11.8. The molecule has 0 aromatic carbocycles. The number of rotatable bonds is 4. The number of ether oxygens (including phenoxy) is 1. The number of carbonyl (C=O) groups excluding carboxylic acids is 1. The van der Waals surface area contributed by atoms with Crippen LogP contribution in [0.5, 0.6) is 0 Å². The van der Waals surface area contributed by atoms with E-state index in [1.165, 1.54) is 0 Å². The van der Waals surface area contributed by atoms with Crippen LogP contribution in [0.1, 0.15) is 44.8 Å². The third kappa shape index (κ3) is 2.94. The fourth-order valence-electron chi connectivity index (χ4n) is 2.54. The fraction of sp³-hybridized carbons (Fsp3) is 0.769. The Kier molecular flexibility index (Phi) is 4.19. The lowest BCUT2D eigenvalue weighted by Crippen LogP contribution is -2.47. The number of likely N-dealkylation sites (tertiary alicyclic amines) is 1. The molecule has 19 heavy (non-hydrogen) atoms. The summed E-state index contributed by atoms with van der Waals surface area (Å²) in [6.07, 6.45) is 2.47. The molecule has 1 aromatic heterocycles. The average molecular weight is 267 g/mol. The summed E-state index contributed by atoms with van der Waals surface area (Å²) in [4.78, 5) is 18.1. The van der Waals surface area contributed by atoms with Gasteiger partial charge in [0.1, 0.15) is 6.61 Å². The molecule has 0 N–H and O–H groups in total. The van der Waals surface area contributed by atoms with Gasteiger partial charge in [0.05, 0.1) is 0 Å². The molecule has 1 aliphatic rings. The van der Waals surface area contributed by atoms with Crippen molar-refractivity contribution in [1.29, 1.82) is 0 Å². The minimum absolute atomic E-state index is 0.187. The lowest BCUT2D eigenvalue weighted by molar-refractivity contribution is -0.133. The monoisotopic (exact) mass is 267 g/mol. The van der Waals surface area contributed by atoms with Crippen molar-refractivity contribution >= 4 is 5.91 Å². The first-order valence-electron chi connectivity index (χ1n) is 6.69. The summed E-state index contributed by atoms with van der Waals surface area (Å²) in [5, 5.41) is 4.05. The molecule has 1 unspecified atom stereocenters. The van der Waals surface area contributed by atoms with Gasteiger partial charge in [0.2, 0.25) is 5.91 Å². The number of methoxy groups -OCH3 is 1. The number of amides is 1. The average Bonchev–Trinajstić information content (AvgIpc) is 2.88. The summed E-state index contributed by atoms with van der Waals surface area (Å²) in [6.45, 7) is 5.78. The third-order valence-electron chi connectivity index (χ3n) is 3.63. The molecular formula is C13H21N3O3. The van der Waals surface area contributed by atoms with Crippen LogP contribution in [0.15, 0.2) is 4.52 Å². The molecule has 2 rings (SSSR count). The standard InChI is InChI=1S/C13H21N3O3/c1-4-11(17)16-7-5-6-13(2,9-16)12-14-10(8-18-3)19-15-12/h4-9H2,1-3H3. The zero-order valence-electron chi connectivity index (χ0n) is 11.8. The van der Waals surface area contributed by atoms with Crippen molar-refractivity contribution < 1.29 is 14.1 Å². The van der Waals surface area contributed by atoms with Gasteiger partial charge < -0.3 is 14.2 Å². The fourth-order valence-corrected chi connectivity index (χ4v) is 2.54. The molecule has 1 fully saturated rings. The second kappa shape index (κ2) is 5.69. The summed E-state index contributed by atoms with van der Waals surface area (Å²) in [5.74, 6) is 1.34. The highest BCUT2D eigenvalue weighted by Crippen LogP contribution is 2.32. The maximum absolute atomic E-state index is 11.8. The molecule has 0 aliphatic carbocycles. The topological polar surface area (TPSA) is 68.5 Å². The maximum Gasteiger partial charge on any atom is 0.252 e. The molecule has 0 radical (unpaired) electrons. The molecule has 6 heteroatoms. The molecule has 1 aromatic rings. The predicted molar refractivity (Wildman–Crippen MR) is 68.5 cm³/mol. The molecule has 2 heterocycles. The summed E-state index contributed by atoms with van der Waals surface area (Å²) in [6, 6.07) is 0. The highest BCUT2D eigenvalue weighted by atomic mass is 16.5. The summed E-state index contributed by atoms with van der Waals surface area (Å²) in [7, 11) is 1.59. The van der Waals surface area contributed by atoms with Gasteiger partial charge in [0.15, 0.2) is 5.82 Å². The van der Waals surface area contributed by atoms with Gasteiger partial charge in [-0.15, -0.1) is 0 Å². The Labute approximate surface area is 113 Å². The van der Waals surface area contributed by atoms with Gasteiger partial charge >= 0.3 is 0 Å². The zero-order chi connectivity index (χ0) is 13.9. The third-order valence-corrected chi connectivity index (χ3v) is 3.63. The van der Waals surface area contributed by atoms with E-state index in [0.717, 1.165) is 19.4 Å². The van der Waals surface area contributed by atoms with E-state index < -0.39 is 0 Å².